The van der Waals surface area contributed by atoms with E-state index in [0.717, 1.165) is 13.3 Å². The number of rotatable bonds is 3. The maximum absolute atomic E-state index is 13.0. The smallest absolute Gasteiger partial charge is 0.311 e. The zero-order valence-electron chi connectivity index (χ0n) is 13.1. The third-order valence-corrected chi connectivity index (χ3v) is 3.19. The molecule has 26 heavy (non-hydrogen) atoms. The van der Waals surface area contributed by atoms with Crippen molar-refractivity contribution >= 4 is 11.9 Å². The standard InChI is InChI=1S/C15H11F4N3O4/c1-14(20,12(23)25-26-13(24)15(17,18)19)11-6-10(21-7-22-11)8-2-4-9(16)5-3-8/h2-7H,20H2,1H3/t14-/m0/s1. The number of hydrogen-bond acceptors (Lipinski definition) is 7. The molecular weight excluding hydrogens is 362 g/mol. The number of nitrogens with zero attached hydrogens (tertiary/aromatic N) is 2. The molecule has 2 rings (SSSR count). The second-order valence-corrected chi connectivity index (χ2v) is 5.24. The van der Waals surface area contributed by atoms with Crippen molar-refractivity contribution in [1.29, 1.82) is 0 Å². The normalized spacial score (nSPS) is 13.6. The van der Waals surface area contributed by atoms with E-state index in [0.29, 0.717) is 5.56 Å². The van der Waals surface area contributed by atoms with Crippen molar-refractivity contribution in [3.63, 3.8) is 0 Å². The van der Waals surface area contributed by atoms with Crippen LogP contribution in [0.25, 0.3) is 11.3 Å². The number of halogens is 4. The van der Waals surface area contributed by atoms with Crippen LogP contribution in [0.4, 0.5) is 17.6 Å². The molecule has 7 nitrogen and oxygen atoms in total. The number of carbonyl (C=O) groups is 2. The number of hydrogen-bond donors (Lipinski definition) is 1. The molecule has 0 aliphatic rings. The minimum Gasteiger partial charge on any atom is -0.311 e. The molecule has 1 aromatic carbocycles. The summed E-state index contributed by atoms with van der Waals surface area (Å²) in [6.45, 7) is 1.09. The molecule has 1 aromatic heterocycles. The second-order valence-electron chi connectivity index (χ2n) is 5.24. The van der Waals surface area contributed by atoms with Crippen LogP contribution in [0.5, 0.6) is 0 Å². The Kier molecular flexibility index (Phi) is 5.21. The Morgan fingerprint density at radius 3 is 2.19 bits per heavy atom. The summed E-state index contributed by atoms with van der Waals surface area (Å²) in [4.78, 5) is 37.5. The molecule has 1 heterocycles. The average molecular weight is 373 g/mol. The molecule has 0 spiro atoms. The van der Waals surface area contributed by atoms with E-state index in [2.05, 4.69) is 19.7 Å². The average Bonchev–Trinajstić information content (AvgIpc) is 2.59. The highest BCUT2D eigenvalue weighted by Crippen LogP contribution is 2.24. The SMILES string of the molecule is C[C@@](N)(C(=O)OOC(=O)C(F)(F)F)c1cc(-c2ccc(F)cc2)ncn1. The molecule has 0 saturated heterocycles. The molecule has 2 N–H and O–H groups in total. The lowest BCUT2D eigenvalue weighted by Crippen LogP contribution is -2.44. The fraction of sp³-hybridized carbons (Fsp3) is 0.200. The van der Waals surface area contributed by atoms with E-state index >= 15 is 0 Å². The van der Waals surface area contributed by atoms with Crippen molar-refractivity contribution in [1.82, 2.24) is 9.97 Å². The predicted octanol–water partition coefficient (Wildman–Crippen LogP) is 2.02. The van der Waals surface area contributed by atoms with Crippen LogP contribution < -0.4 is 5.73 Å². The maximum Gasteiger partial charge on any atom is 0.495 e. The zero-order valence-corrected chi connectivity index (χ0v) is 13.1. The van der Waals surface area contributed by atoms with Gasteiger partial charge in [-0.1, -0.05) is 0 Å². The van der Waals surface area contributed by atoms with Crippen molar-refractivity contribution in [3.05, 3.63) is 48.2 Å². The summed E-state index contributed by atoms with van der Waals surface area (Å²) in [5, 5.41) is 0. The lowest BCUT2D eigenvalue weighted by atomic mass is 9.97. The highest BCUT2D eigenvalue weighted by Gasteiger charge is 2.44. The molecule has 0 fully saturated rings. The van der Waals surface area contributed by atoms with E-state index in [1.165, 1.54) is 30.3 Å². The van der Waals surface area contributed by atoms with E-state index in [9.17, 15) is 27.2 Å². The minimum atomic E-state index is -5.34. The van der Waals surface area contributed by atoms with Gasteiger partial charge in [0, 0.05) is 5.56 Å². The van der Waals surface area contributed by atoms with Gasteiger partial charge in [-0.2, -0.15) is 13.2 Å². The lowest BCUT2D eigenvalue weighted by molar-refractivity contribution is -0.288. The van der Waals surface area contributed by atoms with Gasteiger partial charge in [0.25, 0.3) is 0 Å². The third-order valence-electron chi connectivity index (χ3n) is 3.19. The topological polar surface area (TPSA) is 104 Å². The van der Waals surface area contributed by atoms with Gasteiger partial charge in [-0.3, -0.25) is 0 Å². The monoisotopic (exact) mass is 373 g/mol. The first-order chi connectivity index (χ1) is 12.0. The van der Waals surface area contributed by atoms with E-state index in [4.69, 9.17) is 5.73 Å². The van der Waals surface area contributed by atoms with Gasteiger partial charge in [0.1, 0.15) is 12.1 Å². The summed E-state index contributed by atoms with van der Waals surface area (Å²) in [5.41, 5.74) is 4.32. The van der Waals surface area contributed by atoms with Gasteiger partial charge >= 0.3 is 18.1 Å². The summed E-state index contributed by atoms with van der Waals surface area (Å²) in [6, 6.07) is 6.46. The van der Waals surface area contributed by atoms with Gasteiger partial charge < -0.3 is 5.73 Å². The maximum atomic E-state index is 13.0. The number of carbonyl (C=O) groups excluding carboxylic acids is 2. The molecule has 2 aromatic rings. The first kappa shape index (κ1) is 19.2. The van der Waals surface area contributed by atoms with E-state index in [1.807, 2.05) is 0 Å². The van der Waals surface area contributed by atoms with Crippen LogP contribution in [0, 0.1) is 5.82 Å². The Labute approximate surface area is 143 Å². The quantitative estimate of drug-likeness (QED) is 0.499. The molecule has 1 atom stereocenters. The van der Waals surface area contributed by atoms with Crippen LogP contribution in [0.3, 0.4) is 0 Å². The Hall–Kier alpha value is -3.08. The van der Waals surface area contributed by atoms with Crippen molar-refractivity contribution in [2.24, 2.45) is 5.73 Å². The molecule has 0 unspecified atom stereocenters. The highest BCUT2D eigenvalue weighted by molar-refractivity contribution is 5.83. The summed E-state index contributed by atoms with van der Waals surface area (Å²) in [5.74, 6) is -4.67. The van der Waals surface area contributed by atoms with Gasteiger partial charge in [-0.05, 0) is 37.3 Å². The third kappa shape index (κ3) is 4.30. The number of nitrogens with two attached hydrogens (primary N) is 1. The summed E-state index contributed by atoms with van der Waals surface area (Å²) >= 11 is 0. The molecule has 0 aliphatic carbocycles. The van der Waals surface area contributed by atoms with Crippen LogP contribution in [0.1, 0.15) is 12.6 Å². The first-order valence-electron chi connectivity index (χ1n) is 6.89. The molecule has 11 heteroatoms. The fourth-order valence-electron chi connectivity index (χ4n) is 1.73. The summed E-state index contributed by atoms with van der Waals surface area (Å²) in [7, 11) is 0. The highest BCUT2D eigenvalue weighted by atomic mass is 19.4. The summed E-state index contributed by atoms with van der Waals surface area (Å²) < 4.78 is 49.1. The molecule has 0 radical (unpaired) electrons. The largest absolute Gasteiger partial charge is 0.495 e. The van der Waals surface area contributed by atoms with E-state index < -0.39 is 29.5 Å². The molecule has 0 aliphatic heterocycles. The van der Waals surface area contributed by atoms with Gasteiger partial charge in [0.2, 0.25) is 0 Å². The lowest BCUT2D eigenvalue weighted by Gasteiger charge is -2.20. The van der Waals surface area contributed by atoms with Gasteiger partial charge in [0.05, 0.1) is 11.4 Å². The first-order valence-corrected chi connectivity index (χ1v) is 6.89. The van der Waals surface area contributed by atoms with E-state index in [-0.39, 0.29) is 11.4 Å². The number of aromatic nitrogens is 2. The van der Waals surface area contributed by atoms with Crippen LogP contribution in [-0.2, 0) is 24.9 Å². The fourth-order valence-corrected chi connectivity index (χ4v) is 1.73. The van der Waals surface area contributed by atoms with Crippen LogP contribution in [0.15, 0.2) is 36.7 Å². The minimum absolute atomic E-state index is 0.125. The molecular formula is C15H11F4N3O4. The van der Waals surface area contributed by atoms with Gasteiger partial charge in [0.15, 0.2) is 5.54 Å². The molecule has 0 amide bonds. The van der Waals surface area contributed by atoms with E-state index in [1.54, 1.807) is 0 Å². The second kappa shape index (κ2) is 7.04. The van der Waals surface area contributed by atoms with Crippen LogP contribution in [0.2, 0.25) is 0 Å². The molecule has 0 bridgehead atoms. The Morgan fingerprint density at radius 1 is 1.04 bits per heavy atom. The number of alkyl halides is 3. The molecule has 138 valence electrons. The van der Waals surface area contributed by atoms with Crippen molar-refractivity contribution in [3.8, 4) is 11.3 Å². The van der Waals surface area contributed by atoms with Crippen molar-refractivity contribution < 1.29 is 36.9 Å². The van der Waals surface area contributed by atoms with Crippen molar-refractivity contribution in [2.45, 2.75) is 18.6 Å². The van der Waals surface area contributed by atoms with Gasteiger partial charge in [-0.15, -0.1) is 0 Å². The van der Waals surface area contributed by atoms with Crippen molar-refractivity contribution in [2.75, 3.05) is 0 Å². The summed E-state index contributed by atoms with van der Waals surface area (Å²) in [6.07, 6.45) is -4.29. The molecule has 0 saturated carbocycles. The Balaban J connectivity index is 2.20. The zero-order chi connectivity index (χ0) is 19.5. The Morgan fingerprint density at radius 2 is 1.62 bits per heavy atom. The predicted molar refractivity (Wildman–Crippen MR) is 77.2 cm³/mol. The van der Waals surface area contributed by atoms with Crippen LogP contribution in [-0.4, -0.2) is 28.1 Å². The number of benzene rings is 1. The Bertz CT molecular complexity index is 822. The van der Waals surface area contributed by atoms with Gasteiger partial charge in [-0.25, -0.2) is 33.7 Å². The van der Waals surface area contributed by atoms with Crippen LogP contribution >= 0.6 is 0 Å².